The summed E-state index contributed by atoms with van der Waals surface area (Å²) in [5.74, 6) is -0.0670. The average molecular weight is 223 g/mol. The van der Waals surface area contributed by atoms with Crippen molar-refractivity contribution in [2.24, 2.45) is 5.73 Å². The zero-order valence-electron chi connectivity index (χ0n) is 8.25. The maximum Gasteiger partial charge on any atom is 0.179 e. The number of ketones is 1. The molecule has 4 heteroatoms. The van der Waals surface area contributed by atoms with E-state index in [2.05, 4.69) is 4.98 Å². The molecule has 1 unspecified atom stereocenters. The van der Waals surface area contributed by atoms with Crippen LogP contribution in [0.5, 0.6) is 0 Å². The van der Waals surface area contributed by atoms with E-state index >= 15 is 0 Å². The van der Waals surface area contributed by atoms with Crippen molar-refractivity contribution in [3.05, 3.63) is 35.0 Å². The summed E-state index contributed by atoms with van der Waals surface area (Å²) in [5, 5.41) is 1.57. The lowest BCUT2D eigenvalue weighted by Crippen LogP contribution is -2.26. The number of H-pyrrole nitrogens is 1. The van der Waals surface area contributed by atoms with Crippen molar-refractivity contribution >= 4 is 28.3 Å². The van der Waals surface area contributed by atoms with E-state index in [1.54, 1.807) is 25.3 Å². The molecule has 1 heterocycles. The lowest BCUT2D eigenvalue weighted by molar-refractivity contribution is 0.0968. The van der Waals surface area contributed by atoms with Gasteiger partial charge in [-0.1, -0.05) is 23.7 Å². The van der Waals surface area contributed by atoms with E-state index in [0.29, 0.717) is 10.6 Å². The SMILES string of the molecule is CC(N)C(=O)c1ccc2c(Cl)c[nH]c2c1. The van der Waals surface area contributed by atoms with Crippen LogP contribution in [0.4, 0.5) is 0 Å². The third-order valence-corrected chi connectivity index (χ3v) is 2.64. The third kappa shape index (κ3) is 1.76. The van der Waals surface area contributed by atoms with Crippen LogP contribution in [0.1, 0.15) is 17.3 Å². The molecule has 0 spiro atoms. The van der Waals surface area contributed by atoms with Gasteiger partial charge >= 0.3 is 0 Å². The predicted molar refractivity (Wildman–Crippen MR) is 61.3 cm³/mol. The number of carbonyl (C=O) groups excluding carboxylic acids is 1. The fourth-order valence-electron chi connectivity index (χ4n) is 1.51. The van der Waals surface area contributed by atoms with Crippen molar-refractivity contribution in [1.82, 2.24) is 4.98 Å². The van der Waals surface area contributed by atoms with Crippen LogP contribution in [0.2, 0.25) is 5.02 Å². The largest absolute Gasteiger partial charge is 0.360 e. The number of halogens is 1. The number of carbonyl (C=O) groups is 1. The molecule has 0 amide bonds. The first kappa shape index (κ1) is 10.2. The Morgan fingerprint density at radius 3 is 2.93 bits per heavy atom. The first-order valence-electron chi connectivity index (χ1n) is 4.66. The summed E-state index contributed by atoms with van der Waals surface area (Å²) in [6, 6.07) is 4.86. The van der Waals surface area contributed by atoms with E-state index < -0.39 is 6.04 Å². The summed E-state index contributed by atoms with van der Waals surface area (Å²) in [4.78, 5) is 14.6. The second kappa shape index (κ2) is 3.68. The molecule has 78 valence electrons. The normalized spacial score (nSPS) is 13.0. The number of benzene rings is 1. The molecule has 1 aromatic carbocycles. The van der Waals surface area contributed by atoms with Gasteiger partial charge in [0.2, 0.25) is 0 Å². The van der Waals surface area contributed by atoms with Gasteiger partial charge in [0, 0.05) is 22.7 Å². The van der Waals surface area contributed by atoms with Crippen LogP contribution in [-0.2, 0) is 0 Å². The molecular weight excluding hydrogens is 212 g/mol. The summed E-state index contributed by atoms with van der Waals surface area (Å²) in [7, 11) is 0. The molecular formula is C11H11ClN2O. The van der Waals surface area contributed by atoms with Crippen molar-refractivity contribution in [2.45, 2.75) is 13.0 Å². The number of nitrogens with one attached hydrogen (secondary N) is 1. The molecule has 3 N–H and O–H groups in total. The lowest BCUT2D eigenvalue weighted by Gasteiger charge is -2.03. The van der Waals surface area contributed by atoms with E-state index in [-0.39, 0.29) is 5.78 Å². The lowest BCUT2D eigenvalue weighted by atomic mass is 10.0. The Morgan fingerprint density at radius 2 is 2.27 bits per heavy atom. The highest BCUT2D eigenvalue weighted by Crippen LogP contribution is 2.23. The summed E-state index contributed by atoms with van der Waals surface area (Å²) >= 11 is 5.93. The standard InChI is InChI=1S/C11H11ClN2O/c1-6(13)11(15)7-2-3-8-9(12)5-14-10(8)4-7/h2-6,14H,13H2,1H3. The molecule has 0 aliphatic carbocycles. The van der Waals surface area contributed by atoms with Gasteiger partial charge in [-0.2, -0.15) is 0 Å². The van der Waals surface area contributed by atoms with Gasteiger partial charge < -0.3 is 10.7 Å². The molecule has 0 radical (unpaired) electrons. The smallest absolute Gasteiger partial charge is 0.179 e. The Hall–Kier alpha value is -1.32. The highest BCUT2D eigenvalue weighted by molar-refractivity contribution is 6.35. The maximum atomic E-state index is 11.6. The van der Waals surface area contributed by atoms with Crippen LogP contribution in [0.15, 0.2) is 24.4 Å². The third-order valence-electron chi connectivity index (χ3n) is 2.33. The van der Waals surface area contributed by atoms with Gasteiger partial charge in [0.25, 0.3) is 0 Å². The molecule has 0 fully saturated rings. The zero-order chi connectivity index (χ0) is 11.0. The molecule has 0 saturated carbocycles. The first-order chi connectivity index (χ1) is 7.09. The molecule has 2 aromatic rings. The Balaban J connectivity index is 2.52. The fraction of sp³-hybridized carbons (Fsp3) is 0.182. The van der Waals surface area contributed by atoms with Crippen molar-refractivity contribution in [1.29, 1.82) is 0 Å². The van der Waals surface area contributed by atoms with Crippen LogP contribution in [0.3, 0.4) is 0 Å². The first-order valence-corrected chi connectivity index (χ1v) is 5.04. The molecule has 2 rings (SSSR count). The van der Waals surface area contributed by atoms with E-state index in [1.807, 2.05) is 6.07 Å². The molecule has 15 heavy (non-hydrogen) atoms. The number of fused-ring (bicyclic) bond motifs is 1. The van der Waals surface area contributed by atoms with E-state index in [4.69, 9.17) is 17.3 Å². The molecule has 0 aliphatic rings. The highest BCUT2D eigenvalue weighted by Gasteiger charge is 2.12. The maximum absolute atomic E-state index is 11.6. The monoisotopic (exact) mass is 222 g/mol. The predicted octanol–water partition coefficient (Wildman–Crippen LogP) is 2.35. The second-order valence-electron chi connectivity index (χ2n) is 3.55. The Kier molecular flexibility index (Phi) is 2.50. The van der Waals surface area contributed by atoms with Gasteiger partial charge in [0.1, 0.15) is 0 Å². The van der Waals surface area contributed by atoms with Crippen molar-refractivity contribution in [2.75, 3.05) is 0 Å². The summed E-state index contributed by atoms with van der Waals surface area (Å²) in [5.41, 5.74) is 6.99. The van der Waals surface area contributed by atoms with Gasteiger partial charge in [-0.3, -0.25) is 4.79 Å². The van der Waals surface area contributed by atoms with E-state index in [1.165, 1.54) is 0 Å². The van der Waals surface area contributed by atoms with Gasteiger partial charge in [0.05, 0.1) is 11.1 Å². The van der Waals surface area contributed by atoms with Crippen LogP contribution in [-0.4, -0.2) is 16.8 Å². The number of nitrogens with two attached hydrogens (primary N) is 1. The number of aromatic amines is 1. The summed E-state index contributed by atoms with van der Waals surface area (Å²) < 4.78 is 0. The number of rotatable bonds is 2. The van der Waals surface area contributed by atoms with E-state index in [9.17, 15) is 4.79 Å². The van der Waals surface area contributed by atoms with Gasteiger partial charge in [-0.25, -0.2) is 0 Å². The van der Waals surface area contributed by atoms with Crippen LogP contribution in [0, 0.1) is 0 Å². The quantitative estimate of drug-likeness (QED) is 0.767. The topological polar surface area (TPSA) is 58.9 Å². The van der Waals surface area contributed by atoms with Gasteiger partial charge in [0.15, 0.2) is 5.78 Å². The fourth-order valence-corrected chi connectivity index (χ4v) is 1.73. The van der Waals surface area contributed by atoms with Gasteiger partial charge in [-0.15, -0.1) is 0 Å². The number of hydrogen-bond acceptors (Lipinski definition) is 2. The summed E-state index contributed by atoms with van der Waals surface area (Å²) in [6.07, 6.45) is 1.70. The average Bonchev–Trinajstić information content (AvgIpc) is 2.59. The minimum atomic E-state index is -0.479. The van der Waals surface area contributed by atoms with Crippen LogP contribution in [0.25, 0.3) is 10.9 Å². The van der Waals surface area contributed by atoms with Crippen molar-refractivity contribution in [3.8, 4) is 0 Å². The molecule has 1 atom stereocenters. The van der Waals surface area contributed by atoms with Crippen LogP contribution >= 0.6 is 11.6 Å². The molecule has 0 aliphatic heterocycles. The minimum absolute atomic E-state index is 0.0670. The molecule has 3 nitrogen and oxygen atoms in total. The minimum Gasteiger partial charge on any atom is -0.360 e. The molecule has 0 bridgehead atoms. The Labute approximate surface area is 92.2 Å². The highest BCUT2D eigenvalue weighted by atomic mass is 35.5. The summed E-state index contributed by atoms with van der Waals surface area (Å²) in [6.45, 7) is 1.67. The Bertz CT molecular complexity index is 516. The van der Waals surface area contributed by atoms with Crippen molar-refractivity contribution < 1.29 is 4.79 Å². The number of hydrogen-bond donors (Lipinski definition) is 2. The zero-order valence-corrected chi connectivity index (χ0v) is 9.01. The van der Waals surface area contributed by atoms with E-state index in [0.717, 1.165) is 10.9 Å². The van der Waals surface area contributed by atoms with Crippen molar-refractivity contribution in [3.63, 3.8) is 0 Å². The van der Waals surface area contributed by atoms with Gasteiger partial charge in [-0.05, 0) is 13.0 Å². The molecule has 0 saturated heterocycles. The molecule has 1 aromatic heterocycles. The number of aromatic nitrogens is 1. The van der Waals surface area contributed by atoms with Crippen LogP contribution < -0.4 is 5.73 Å². The second-order valence-corrected chi connectivity index (χ2v) is 3.96. The Morgan fingerprint density at radius 1 is 1.53 bits per heavy atom. The number of Topliss-reactive ketones (excluding diaryl/α,β-unsaturated/α-hetero) is 1.